The minimum Gasteiger partial charge on any atom is -0.459 e. The first-order valence-electron chi connectivity index (χ1n) is 15.3. The number of hydrogen-bond acceptors (Lipinski definition) is 2. The summed E-state index contributed by atoms with van der Waals surface area (Å²) in [4.78, 5) is 0. The Morgan fingerprint density at radius 2 is 1.94 bits per heavy atom. The average Bonchev–Trinajstić information content (AvgIpc) is 3.28. The van der Waals surface area contributed by atoms with Gasteiger partial charge in [0.1, 0.15) is 5.58 Å². The number of hydrogen-bond donors (Lipinski definition) is 0. The molecule has 3 nitrogen and oxygen atoms in total. The van der Waals surface area contributed by atoms with Crippen LogP contribution in [0.5, 0.6) is 0 Å². The van der Waals surface area contributed by atoms with E-state index >= 15 is 0 Å². The second kappa shape index (κ2) is 8.15. The van der Waals surface area contributed by atoms with E-state index in [4.69, 9.17) is 16.8 Å². The maximum Gasteiger partial charge on any atom is 0.175 e. The van der Waals surface area contributed by atoms with Crippen molar-refractivity contribution in [1.82, 2.24) is 0 Å². The van der Waals surface area contributed by atoms with E-state index in [2.05, 4.69) is 12.3 Å². The van der Waals surface area contributed by atoms with Crippen molar-refractivity contribution in [2.45, 2.75) is 40.8 Å². The number of pyridine rings is 1. The van der Waals surface area contributed by atoms with Gasteiger partial charge in [-0.3, -0.25) is 4.57 Å². The predicted molar refractivity (Wildman–Crippen MR) is 137 cm³/mol. The molecule has 0 atom stereocenters. The van der Waals surface area contributed by atoms with Gasteiger partial charge in [0, 0.05) is 21.7 Å². The molecule has 3 aromatic carbocycles. The van der Waals surface area contributed by atoms with Gasteiger partial charge in [-0.05, 0) is 65.2 Å². The molecule has 0 amide bonds. The summed E-state index contributed by atoms with van der Waals surface area (Å²) in [6, 6.07) is 16.0. The molecular formula is C31H28N2O. The molecule has 0 saturated heterocycles. The number of aryl methyl sites for hydroxylation is 2. The fourth-order valence-electron chi connectivity index (χ4n) is 4.05. The van der Waals surface area contributed by atoms with Gasteiger partial charge >= 0.3 is 0 Å². The van der Waals surface area contributed by atoms with Crippen molar-refractivity contribution < 1.29 is 21.3 Å². The van der Waals surface area contributed by atoms with Crippen molar-refractivity contribution >= 4 is 21.9 Å². The van der Waals surface area contributed by atoms with Crippen molar-refractivity contribution in [3.8, 4) is 22.9 Å². The topological polar surface area (TPSA) is 40.8 Å². The molecule has 0 aliphatic heterocycles. The lowest BCUT2D eigenvalue weighted by atomic mass is 9.86. The first-order valence-corrected chi connectivity index (χ1v) is 10.8. The van der Waals surface area contributed by atoms with Gasteiger partial charge in [0.15, 0.2) is 17.5 Å². The van der Waals surface area contributed by atoms with Gasteiger partial charge in [-0.15, -0.1) is 5.56 Å². The second-order valence-corrected chi connectivity index (χ2v) is 9.23. The summed E-state index contributed by atoms with van der Waals surface area (Å²) in [7, 11) is 0. The average molecular weight is 454 g/mol. The summed E-state index contributed by atoms with van der Waals surface area (Å²) in [6.07, 6.45) is 2.38. The summed E-state index contributed by atoms with van der Waals surface area (Å²) < 4.78 is 83.4. The number of rotatable bonds is 3. The Morgan fingerprint density at radius 1 is 1.09 bits per heavy atom. The third kappa shape index (κ3) is 3.97. The van der Waals surface area contributed by atoms with Gasteiger partial charge in [0.05, 0.1) is 19.2 Å². The highest BCUT2D eigenvalue weighted by Gasteiger charge is 2.16. The Morgan fingerprint density at radius 3 is 2.71 bits per heavy atom. The number of aromatic nitrogens is 1. The van der Waals surface area contributed by atoms with Crippen molar-refractivity contribution in [3.05, 3.63) is 95.3 Å². The molecule has 2 aromatic heterocycles. The Kier molecular flexibility index (Phi) is 3.29. The van der Waals surface area contributed by atoms with Crippen LogP contribution < -0.4 is 4.57 Å². The summed E-state index contributed by atoms with van der Waals surface area (Å²) in [5.41, 5.74) is 0.276. The van der Waals surface area contributed by atoms with Gasteiger partial charge in [0.25, 0.3) is 0 Å². The highest BCUT2D eigenvalue weighted by molar-refractivity contribution is 6.07. The zero-order valence-corrected chi connectivity index (χ0v) is 19.1. The third-order valence-electron chi connectivity index (χ3n) is 5.49. The Bertz CT molecular complexity index is 1940. The van der Waals surface area contributed by atoms with E-state index in [9.17, 15) is 5.26 Å². The second-order valence-electron chi connectivity index (χ2n) is 9.23. The number of nitriles is 1. The van der Waals surface area contributed by atoms with Crippen LogP contribution in [0, 0.1) is 36.6 Å². The quantitative estimate of drug-likeness (QED) is 0.211. The fraction of sp³-hybridized carbons (Fsp3) is 0.226. The number of para-hydroxylation sites is 1. The molecule has 0 N–H and O–H groups in total. The molecule has 5 aromatic rings. The molecule has 0 saturated carbocycles. The van der Waals surface area contributed by atoms with Crippen LogP contribution >= 0.6 is 0 Å². The highest BCUT2D eigenvalue weighted by atomic mass is 16.3. The zero-order chi connectivity index (χ0) is 31.7. The van der Waals surface area contributed by atoms with E-state index < -0.39 is 25.5 Å². The number of nitrogens with zero attached hydrogens (tertiary/aromatic N) is 2. The van der Waals surface area contributed by atoms with Crippen LogP contribution in [0.2, 0.25) is 0 Å². The van der Waals surface area contributed by atoms with Crippen LogP contribution in [0.3, 0.4) is 0 Å². The molecule has 0 bridgehead atoms. The standard InChI is InChI=1S/C31H28N2O/c1-20-13-14-33(19-27(20)24-11-9-22(15-21(24)2)17-31(3,4)5)28-8-6-7-26-25-12-10-23(18-32)16-29(25)34-30(26)28/h6-13,15-16,19H,17H2,1-5H3/i1D3,2D3,11D,17D2. The van der Waals surface area contributed by atoms with Crippen LogP contribution in [0.15, 0.2) is 71.3 Å². The molecule has 34 heavy (non-hydrogen) atoms. The van der Waals surface area contributed by atoms with Crippen LogP contribution in [0.4, 0.5) is 0 Å². The van der Waals surface area contributed by atoms with E-state index in [1.807, 2.05) is 6.07 Å². The molecule has 5 rings (SSSR count). The molecule has 3 heteroatoms. The number of furan rings is 1. The molecule has 0 spiro atoms. The molecule has 2 heterocycles. The lowest BCUT2D eigenvalue weighted by molar-refractivity contribution is -0.598. The van der Waals surface area contributed by atoms with Crippen molar-refractivity contribution in [2.75, 3.05) is 0 Å². The van der Waals surface area contributed by atoms with E-state index in [0.29, 0.717) is 22.4 Å². The van der Waals surface area contributed by atoms with E-state index in [0.717, 1.165) is 10.8 Å². The maximum absolute atomic E-state index is 9.32. The minimum absolute atomic E-state index is 0.0161. The summed E-state index contributed by atoms with van der Waals surface area (Å²) in [5.74, 6) is 0. The van der Waals surface area contributed by atoms with Gasteiger partial charge in [-0.25, -0.2) is 0 Å². The Hall–Kier alpha value is -3.90. The fourth-order valence-corrected chi connectivity index (χ4v) is 4.05. The summed E-state index contributed by atoms with van der Waals surface area (Å²) >= 11 is 0. The molecule has 0 aliphatic carbocycles. The Labute approximate surface area is 213 Å². The van der Waals surface area contributed by atoms with Crippen molar-refractivity contribution in [1.29, 1.82) is 5.26 Å². The van der Waals surface area contributed by atoms with Crippen LogP contribution in [-0.2, 0) is 6.37 Å². The summed E-state index contributed by atoms with van der Waals surface area (Å²) in [6.45, 7) is -0.421. The van der Waals surface area contributed by atoms with Crippen molar-refractivity contribution in [2.24, 2.45) is 5.41 Å². The lowest BCUT2D eigenvalue weighted by Gasteiger charge is -2.20. The number of fused-ring (bicyclic) bond motifs is 3. The van der Waals surface area contributed by atoms with Crippen molar-refractivity contribution in [3.63, 3.8) is 0 Å². The minimum atomic E-state index is -2.79. The molecule has 0 aliphatic rings. The van der Waals surface area contributed by atoms with Gasteiger partial charge in [-0.1, -0.05) is 64.0 Å². The van der Waals surface area contributed by atoms with Gasteiger partial charge in [0.2, 0.25) is 0 Å². The predicted octanol–water partition coefficient (Wildman–Crippen LogP) is 7.41. The molecular weight excluding hydrogens is 416 g/mol. The van der Waals surface area contributed by atoms with Crippen LogP contribution in [0.25, 0.3) is 38.8 Å². The monoisotopic (exact) mass is 453 g/mol. The third-order valence-corrected chi connectivity index (χ3v) is 5.49. The molecule has 0 fully saturated rings. The van der Waals surface area contributed by atoms with E-state index in [1.165, 1.54) is 29.0 Å². The van der Waals surface area contributed by atoms with E-state index in [1.54, 1.807) is 51.1 Å². The van der Waals surface area contributed by atoms with Gasteiger partial charge < -0.3 is 4.42 Å². The maximum atomic E-state index is 9.32. The molecule has 0 radical (unpaired) electrons. The van der Waals surface area contributed by atoms with Crippen LogP contribution in [0.1, 0.15) is 55.4 Å². The summed E-state index contributed by atoms with van der Waals surface area (Å²) in [5, 5.41) is 10.8. The smallest absolute Gasteiger partial charge is 0.175 e. The normalized spacial score (nSPS) is 16.8. The highest BCUT2D eigenvalue weighted by Crippen LogP contribution is 2.33. The SMILES string of the molecule is [2H]c1cc(C([2H])([2H])C(C)(C)C)cc(C([2H])([2H])[2H])c1-c1c[n+](-c2cccc3c2oc2cc(C#N)ccc23)[c-]cc1C([2H])([2H])[2H]. The van der Waals surface area contributed by atoms with E-state index in [-0.39, 0.29) is 33.9 Å². The van der Waals surface area contributed by atoms with Gasteiger partial charge in [-0.2, -0.15) is 5.26 Å². The Balaban J connectivity index is 1.82. The number of benzene rings is 3. The molecule has 0 unspecified atom stereocenters. The largest absolute Gasteiger partial charge is 0.459 e. The first kappa shape index (κ1) is 13.7. The van der Waals surface area contributed by atoms with Crippen LogP contribution in [-0.4, -0.2) is 0 Å². The molecule has 168 valence electrons. The zero-order valence-electron chi connectivity index (χ0n) is 28.1. The first-order chi connectivity index (χ1) is 19.8. The lowest BCUT2D eigenvalue weighted by Crippen LogP contribution is -2.31.